The van der Waals surface area contributed by atoms with Gasteiger partial charge in [0.25, 0.3) is 5.91 Å². The van der Waals surface area contributed by atoms with Gasteiger partial charge in [0.2, 0.25) is 0 Å². The Balaban J connectivity index is 1.67. The molecule has 2 heterocycles. The number of halogens is 1. The fourth-order valence-corrected chi connectivity index (χ4v) is 3.79. The van der Waals surface area contributed by atoms with E-state index in [1.807, 2.05) is 49.4 Å². The lowest BCUT2D eigenvalue weighted by atomic mass is 9.99. The third-order valence-electron chi connectivity index (χ3n) is 5.69. The standard InChI is InChI=1S/C27H21FN2O2/c1-17-3-5-19(6-4-17)23-13-21(18-7-10-22(28)11-8-18)14-24(29-23)20-9-12-26-25(15-20)30(2)27(31)16-32-26/h3-15H,16H2,1-2H3. The molecule has 4 aromatic rings. The zero-order valence-electron chi connectivity index (χ0n) is 17.8. The molecule has 5 rings (SSSR count). The Morgan fingerprint density at radius 1 is 0.812 bits per heavy atom. The monoisotopic (exact) mass is 424 g/mol. The van der Waals surface area contributed by atoms with Crippen LogP contribution in [0.2, 0.25) is 0 Å². The first-order chi connectivity index (χ1) is 15.5. The molecule has 1 aromatic heterocycles. The van der Waals surface area contributed by atoms with Crippen molar-refractivity contribution >= 4 is 11.6 Å². The summed E-state index contributed by atoms with van der Waals surface area (Å²) in [5.74, 6) is 0.302. The summed E-state index contributed by atoms with van der Waals surface area (Å²) in [6.07, 6.45) is 0. The first-order valence-corrected chi connectivity index (χ1v) is 10.4. The van der Waals surface area contributed by atoms with Gasteiger partial charge in [-0.05, 0) is 60.5 Å². The van der Waals surface area contributed by atoms with Crippen molar-refractivity contribution in [2.45, 2.75) is 6.92 Å². The van der Waals surface area contributed by atoms with Gasteiger partial charge in [0.15, 0.2) is 6.61 Å². The number of aryl methyl sites for hydroxylation is 1. The molecule has 0 saturated carbocycles. The minimum atomic E-state index is -0.274. The molecule has 0 unspecified atom stereocenters. The van der Waals surface area contributed by atoms with Crippen LogP contribution in [0, 0.1) is 12.7 Å². The SMILES string of the molecule is Cc1ccc(-c2cc(-c3ccc(F)cc3)cc(-c3ccc4c(c3)N(C)C(=O)CO4)n2)cc1. The van der Waals surface area contributed by atoms with E-state index >= 15 is 0 Å². The first kappa shape index (κ1) is 19.9. The summed E-state index contributed by atoms with van der Waals surface area (Å²) in [7, 11) is 1.74. The number of ether oxygens (including phenoxy) is 1. The highest BCUT2D eigenvalue weighted by atomic mass is 19.1. The fourth-order valence-electron chi connectivity index (χ4n) is 3.79. The quantitative estimate of drug-likeness (QED) is 0.412. The van der Waals surface area contributed by atoms with Gasteiger partial charge in [-0.2, -0.15) is 0 Å². The van der Waals surface area contributed by atoms with E-state index in [1.165, 1.54) is 17.7 Å². The average Bonchev–Trinajstić information content (AvgIpc) is 2.82. The molecule has 3 aromatic carbocycles. The van der Waals surface area contributed by atoms with Crippen LogP contribution in [0.5, 0.6) is 5.75 Å². The molecule has 5 heteroatoms. The molecular weight excluding hydrogens is 403 g/mol. The lowest BCUT2D eigenvalue weighted by Gasteiger charge is -2.26. The molecule has 0 radical (unpaired) electrons. The Hall–Kier alpha value is -3.99. The van der Waals surface area contributed by atoms with Crippen LogP contribution < -0.4 is 9.64 Å². The zero-order valence-corrected chi connectivity index (χ0v) is 17.8. The average molecular weight is 424 g/mol. The molecule has 0 aliphatic carbocycles. The number of rotatable bonds is 3. The summed E-state index contributed by atoms with van der Waals surface area (Å²) < 4.78 is 19.1. The Kier molecular flexibility index (Phi) is 4.94. The largest absolute Gasteiger partial charge is 0.482 e. The smallest absolute Gasteiger partial charge is 0.264 e. The number of fused-ring (bicyclic) bond motifs is 1. The summed E-state index contributed by atoms with van der Waals surface area (Å²) in [5, 5.41) is 0. The van der Waals surface area contributed by atoms with Crippen LogP contribution in [0.1, 0.15) is 5.56 Å². The maximum Gasteiger partial charge on any atom is 0.264 e. The molecule has 1 aliphatic rings. The van der Waals surface area contributed by atoms with Crippen molar-refractivity contribution < 1.29 is 13.9 Å². The van der Waals surface area contributed by atoms with Crippen LogP contribution in [0.15, 0.2) is 78.9 Å². The second-order valence-electron chi connectivity index (χ2n) is 7.92. The van der Waals surface area contributed by atoms with Crippen LogP contribution in [-0.4, -0.2) is 24.5 Å². The minimum absolute atomic E-state index is 0.0404. The van der Waals surface area contributed by atoms with Crippen LogP contribution in [0.3, 0.4) is 0 Å². The van der Waals surface area contributed by atoms with Gasteiger partial charge in [-0.1, -0.05) is 42.0 Å². The highest BCUT2D eigenvalue weighted by Crippen LogP contribution is 2.37. The number of hydrogen-bond acceptors (Lipinski definition) is 3. The lowest BCUT2D eigenvalue weighted by Crippen LogP contribution is -2.35. The number of amides is 1. The summed E-state index contributed by atoms with van der Waals surface area (Å²) in [5.41, 5.74) is 7.16. The maximum atomic E-state index is 13.5. The van der Waals surface area contributed by atoms with Gasteiger partial charge >= 0.3 is 0 Å². The number of aromatic nitrogens is 1. The number of pyridine rings is 1. The topological polar surface area (TPSA) is 42.4 Å². The number of anilines is 1. The Morgan fingerprint density at radius 2 is 1.44 bits per heavy atom. The van der Waals surface area contributed by atoms with E-state index in [1.54, 1.807) is 24.1 Å². The van der Waals surface area contributed by atoms with Crippen LogP contribution in [-0.2, 0) is 4.79 Å². The van der Waals surface area contributed by atoms with E-state index in [4.69, 9.17) is 9.72 Å². The van der Waals surface area contributed by atoms with E-state index in [0.717, 1.165) is 33.6 Å². The van der Waals surface area contributed by atoms with Crippen molar-refractivity contribution in [1.82, 2.24) is 4.98 Å². The second-order valence-corrected chi connectivity index (χ2v) is 7.92. The predicted molar refractivity (Wildman–Crippen MR) is 124 cm³/mol. The summed E-state index contributed by atoms with van der Waals surface area (Å²) in [6.45, 7) is 2.09. The van der Waals surface area contributed by atoms with Crippen molar-refractivity contribution in [1.29, 1.82) is 0 Å². The fraction of sp³-hybridized carbons (Fsp3) is 0.111. The molecule has 0 fully saturated rings. The maximum absolute atomic E-state index is 13.5. The van der Waals surface area contributed by atoms with E-state index in [9.17, 15) is 9.18 Å². The lowest BCUT2D eigenvalue weighted by molar-refractivity contribution is -0.120. The predicted octanol–water partition coefficient (Wildman–Crippen LogP) is 5.89. The van der Waals surface area contributed by atoms with Gasteiger partial charge in [-0.3, -0.25) is 4.79 Å². The van der Waals surface area contributed by atoms with Gasteiger partial charge in [0.1, 0.15) is 11.6 Å². The van der Waals surface area contributed by atoms with Crippen molar-refractivity contribution in [2.75, 3.05) is 18.6 Å². The zero-order chi connectivity index (χ0) is 22.2. The molecule has 0 spiro atoms. The van der Waals surface area contributed by atoms with Gasteiger partial charge in [-0.15, -0.1) is 0 Å². The van der Waals surface area contributed by atoms with Gasteiger partial charge in [0, 0.05) is 18.2 Å². The molecule has 158 valence electrons. The van der Waals surface area contributed by atoms with Gasteiger partial charge in [0.05, 0.1) is 17.1 Å². The molecule has 32 heavy (non-hydrogen) atoms. The highest BCUT2D eigenvalue weighted by Gasteiger charge is 2.23. The van der Waals surface area contributed by atoms with Crippen molar-refractivity contribution in [3.05, 3.63) is 90.2 Å². The van der Waals surface area contributed by atoms with Crippen LogP contribution >= 0.6 is 0 Å². The Labute approximate surface area is 185 Å². The molecule has 1 amide bonds. The highest BCUT2D eigenvalue weighted by molar-refractivity contribution is 5.98. The molecule has 0 bridgehead atoms. The summed E-state index contributed by atoms with van der Waals surface area (Å²) in [4.78, 5) is 18.6. The summed E-state index contributed by atoms with van der Waals surface area (Å²) >= 11 is 0. The van der Waals surface area contributed by atoms with Gasteiger partial charge < -0.3 is 9.64 Å². The molecule has 4 nitrogen and oxygen atoms in total. The van der Waals surface area contributed by atoms with E-state index < -0.39 is 0 Å². The number of likely N-dealkylation sites (N-methyl/N-ethyl adjacent to an activating group) is 1. The first-order valence-electron chi connectivity index (χ1n) is 10.4. The minimum Gasteiger partial charge on any atom is -0.482 e. The number of nitrogens with zero attached hydrogens (tertiary/aromatic N) is 2. The third kappa shape index (κ3) is 3.73. The number of hydrogen-bond donors (Lipinski definition) is 0. The van der Waals surface area contributed by atoms with E-state index in [0.29, 0.717) is 11.4 Å². The molecule has 0 N–H and O–H groups in total. The van der Waals surface area contributed by atoms with Crippen LogP contribution in [0.4, 0.5) is 10.1 Å². The summed E-state index contributed by atoms with van der Waals surface area (Å²) in [6, 6.07) is 24.4. The van der Waals surface area contributed by atoms with Gasteiger partial charge in [-0.25, -0.2) is 9.37 Å². The van der Waals surface area contributed by atoms with Crippen molar-refractivity contribution in [2.24, 2.45) is 0 Å². The Morgan fingerprint density at radius 3 is 2.16 bits per heavy atom. The van der Waals surface area contributed by atoms with E-state index in [2.05, 4.69) is 12.1 Å². The van der Waals surface area contributed by atoms with Crippen LogP contribution in [0.25, 0.3) is 33.6 Å². The molecule has 1 aliphatic heterocycles. The van der Waals surface area contributed by atoms with E-state index in [-0.39, 0.29) is 18.3 Å². The number of carbonyl (C=O) groups is 1. The second kappa shape index (κ2) is 7.93. The Bertz CT molecular complexity index is 1250. The number of carbonyl (C=O) groups excluding carboxylic acids is 1. The number of benzene rings is 3. The third-order valence-corrected chi connectivity index (χ3v) is 5.69. The van der Waals surface area contributed by atoms with Crippen molar-refractivity contribution in [3.63, 3.8) is 0 Å². The van der Waals surface area contributed by atoms with Crippen molar-refractivity contribution in [3.8, 4) is 39.4 Å². The molecule has 0 atom stereocenters. The molecular formula is C27H21FN2O2. The normalized spacial score (nSPS) is 13.0. The molecule has 0 saturated heterocycles.